The van der Waals surface area contributed by atoms with Crippen LogP contribution in [0.2, 0.25) is 0 Å². The minimum atomic E-state index is -4.73. The van der Waals surface area contributed by atoms with Gasteiger partial charge in [0.25, 0.3) is 11.8 Å². The van der Waals surface area contributed by atoms with Crippen molar-refractivity contribution in [2.45, 2.75) is 39.3 Å². The van der Waals surface area contributed by atoms with Gasteiger partial charge in [-0.3, -0.25) is 37.6 Å². The Kier molecular flexibility index (Phi) is 13.5. The molecule has 10 rings (SSSR count). The summed E-state index contributed by atoms with van der Waals surface area (Å²) in [5, 5.41) is 8.03. The Balaban J connectivity index is 0.000000189. The molecule has 0 bridgehead atoms. The van der Waals surface area contributed by atoms with Crippen molar-refractivity contribution in [3.05, 3.63) is 162 Å². The molecule has 17 nitrogen and oxygen atoms in total. The Morgan fingerprint density at radius 2 is 1.04 bits per heavy atom. The van der Waals surface area contributed by atoms with Crippen LogP contribution in [-0.4, -0.2) is 65.1 Å². The SMILES string of the molecule is CC.Cn1cc(N(Cc2ccc(C(F)(F)F)cc2F)C(=O)c2cc3c(cc2F)nc(N)c2cncn23)cn1.Cn1cc(N(Cc2ccc(C(F)(F)F)cn2)C(=O)c2cc3c(cc2F)nc(N)c2cncn23)cn1. The first-order valence-electron chi connectivity index (χ1n) is 21.5. The maximum absolute atomic E-state index is 15.1. The van der Waals surface area contributed by atoms with Gasteiger partial charge in [0, 0.05) is 50.4 Å². The van der Waals surface area contributed by atoms with Gasteiger partial charge >= 0.3 is 12.4 Å². The van der Waals surface area contributed by atoms with Crippen LogP contribution >= 0.6 is 0 Å². The zero-order valence-corrected chi connectivity index (χ0v) is 38.5. The molecule has 0 aliphatic rings. The number of fused-ring (bicyclic) bond motifs is 6. The molecule has 0 fully saturated rings. The second-order valence-electron chi connectivity index (χ2n) is 15.8. The van der Waals surface area contributed by atoms with Crippen molar-refractivity contribution >= 4 is 67.9 Å². The van der Waals surface area contributed by atoms with E-state index in [0.29, 0.717) is 46.1 Å². The molecule has 7 aromatic heterocycles. The number of aromatic nitrogens is 11. The molecule has 0 saturated heterocycles. The quantitative estimate of drug-likeness (QED) is 0.138. The zero-order chi connectivity index (χ0) is 52.7. The van der Waals surface area contributed by atoms with Gasteiger partial charge in [-0.1, -0.05) is 19.9 Å². The van der Waals surface area contributed by atoms with E-state index in [2.05, 4.69) is 35.1 Å². The first kappa shape index (κ1) is 50.3. The molecular formula is C47H38F9N15O2. The van der Waals surface area contributed by atoms with Crippen molar-refractivity contribution in [1.82, 2.24) is 53.3 Å². The van der Waals surface area contributed by atoms with E-state index in [9.17, 15) is 40.3 Å². The number of nitrogen functional groups attached to an aromatic ring is 2. The summed E-state index contributed by atoms with van der Waals surface area (Å²) in [6.07, 6.45) is 2.90. The number of imidazole rings is 2. The van der Waals surface area contributed by atoms with Gasteiger partial charge in [0.15, 0.2) is 0 Å². The molecular weight excluding hydrogens is 978 g/mol. The fourth-order valence-corrected chi connectivity index (χ4v) is 7.54. The number of hydrogen-bond donors (Lipinski definition) is 2. The molecule has 0 spiro atoms. The highest BCUT2D eigenvalue weighted by Crippen LogP contribution is 2.33. The predicted octanol–water partition coefficient (Wildman–Crippen LogP) is 8.97. The van der Waals surface area contributed by atoms with Gasteiger partial charge in [0.05, 0.1) is 112 Å². The molecule has 0 atom stereocenters. The molecule has 26 heteroatoms. The molecule has 10 aromatic rings. The first-order chi connectivity index (χ1) is 34.6. The highest BCUT2D eigenvalue weighted by Gasteiger charge is 2.33. The van der Waals surface area contributed by atoms with E-state index in [0.717, 1.165) is 35.2 Å². The Morgan fingerprint density at radius 1 is 0.575 bits per heavy atom. The summed E-state index contributed by atoms with van der Waals surface area (Å²) in [4.78, 5) is 49.5. The van der Waals surface area contributed by atoms with Gasteiger partial charge in [-0.15, -0.1) is 0 Å². The predicted molar refractivity (Wildman–Crippen MR) is 249 cm³/mol. The molecule has 0 aliphatic carbocycles. The first-order valence-corrected chi connectivity index (χ1v) is 21.5. The largest absolute Gasteiger partial charge is 0.417 e. The topological polar surface area (TPSA) is 202 Å². The Hall–Kier alpha value is -9.10. The van der Waals surface area contributed by atoms with E-state index in [4.69, 9.17) is 11.5 Å². The molecule has 3 aromatic carbocycles. The Bertz CT molecular complexity index is 3690. The average molecular weight is 1020 g/mol. The van der Waals surface area contributed by atoms with Crippen molar-refractivity contribution in [1.29, 1.82) is 0 Å². The lowest BCUT2D eigenvalue weighted by atomic mass is 10.1. The summed E-state index contributed by atoms with van der Waals surface area (Å²) < 4.78 is 128. The third-order valence-electron chi connectivity index (χ3n) is 11.1. The number of alkyl halides is 6. The summed E-state index contributed by atoms with van der Waals surface area (Å²) >= 11 is 0. The monoisotopic (exact) mass is 1020 g/mol. The minimum Gasteiger partial charge on any atom is -0.382 e. The number of halogens is 9. The standard InChI is InChI=1S/C23H16F5N7O.C22H16F4N8O.C2H6/c1-33-10-14(7-31-33)34(9-12-2-3-13(4-16(12)24)23(26,27)28)22(36)15-5-19-18(6-17(15)25)32-21(29)20-8-30-11-35(19)20;1-32-10-14(7-30-32)33(9-13-3-2-12(6-29-13)22(24,25)26)21(35)15-4-18-17(5-16(15)23)31-20(27)19-8-28-11-34(18)19;1-2/h2-8,10-11H,9H2,1H3,(H2,29,32);2-8,10-11H,9H2,1H3,(H2,27,31);1-2H3. The number of aryl methyl sites for hydroxylation is 2. The van der Waals surface area contributed by atoms with Crippen molar-refractivity contribution in [2.75, 3.05) is 21.3 Å². The van der Waals surface area contributed by atoms with Crippen LogP contribution in [0, 0.1) is 17.5 Å². The summed E-state index contributed by atoms with van der Waals surface area (Å²) in [5.41, 5.74) is 11.6. The number of nitrogens with two attached hydrogens (primary N) is 2. The molecule has 376 valence electrons. The fourth-order valence-electron chi connectivity index (χ4n) is 7.54. The number of amides is 2. The maximum atomic E-state index is 15.1. The molecule has 7 heterocycles. The van der Waals surface area contributed by atoms with Crippen LogP contribution in [0.1, 0.15) is 56.9 Å². The zero-order valence-electron chi connectivity index (χ0n) is 38.5. The van der Waals surface area contributed by atoms with Crippen LogP contribution in [0.4, 0.5) is 62.5 Å². The van der Waals surface area contributed by atoms with Crippen LogP contribution in [0.25, 0.3) is 33.1 Å². The summed E-state index contributed by atoms with van der Waals surface area (Å²) in [5.74, 6) is -4.27. The van der Waals surface area contributed by atoms with Gasteiger partial charge in [-0.05, 0) is 36.4 Å². The van der Waals surface area contributed by atoms with Crippen LogP contribution in [0.3, 0.4) is 0 Å². The molecule has 2 amide bonds. The van der Waals surface area contributed by atoms with Crippen LogP contribution < -0.4 is 21.3 Å². The molecule has 0 aliphatic heterocycles. The summed E-state index contributed by atoms with van der Waals surface area (Å²) in [6.45, 7) is 3.30. The van der Waals surface area contributed by atoms with Crippen LogP contribution in [0.15, 0.2) is 111 Å². The lowest BCUT2D eigenvalue weighted by molar-refractivity contribution is -0.138. The van der Waals surface area contributed by atoms with Crippen LogP contribution in [0.5, 0.6) is 0 Å². The van der Waals surface area contributed by atoms with E-state index in [1.165, 1.54) is 80.6 Å². The number of carbonyl (C=O) groups is 2. The van der Waals surface area contributed by atoms with Gasteiger partial charge < -0.3 is 16.4 Å². The maximum Gasteiger partial charge on any atom is 0.417 e. The molecule has 73 heavy (non-hydrogen) atoms. The number of benzene rings is 3. The molecule has 0 saturated carbocycles. The van der Waals surface area contributed by atoms with E-state index >= 15 is 8.78 Å². The van der Waals surface area contributed by atoms with Gasteiger partial charge in [-0.2, -0.15) is 36.5 Å². The van der Waals surface area contributed by atoms with Gasteiger partial charge in [0.2, 0.25) is 0 Å². The van der Waals surface area contributed by atoms with Gasteiger partial charge in [0.1, 0.15) is 40.1 Å². The molecule has 0 radical (unpaired) electrons. The smallest absolute Gasteiger partial charge is 0.382 e. The van der Waals surface area contributed by atoms with Crippen molar-refractivity contribution in [3.63, 3.8) is 0 Å². The number of carbonyl (C=O) groups excluding carboxylic acids is 2. The number of rotatable bonds is 8. The second-order valence-corrected chi connectivity index (χ2v) is 15.8. The normalized spacial score (nSPS) is 11.7. The molecule has 4 N–H and O–H groups in total. The van der Waals surface area contributed by atoms with Crippen LogP contribution in [-0.2, 0) is 39.5 Å². The van der Waals surface area contributed by atoms with Crippen molar-refractivity contribution in [2.24, 2.45) is 14.1 Å². The van der Waals surface area contributed by atoms with E-state index in [1.54, 1.807) is 18.5 Å². The minimum absolute atomic E-state index is 0.119. The van der Waals surface area contributed by atoms with Gasteiger partial charge in [-0.25, -0.2) is 33.1 Å². The van der Waals surface area contributed by atoms with E-state index in [-0.39, 0.29) is 57.3 Å². The highest BCUT2D eigenvalue weighted by atomic mass is 19.4. The fraction of sp³-hybridized carbons (Fsp3) is 0.170. The summed E-state index contributed by atoms with van der Waals surface area (Å²) in [6, 6.07) is 8.77. The lowest BCUT2D eigenvalue weighted by Gasteiger charge is -2.22. The van der Waals surface area contributed by atoms with Crippen molar-refractivity contribution < 1.29 is 49.1 Å². The third-order valence-corrected chi connectivity index (χ3v) is 11.1. The number of hydrogen-bond acceptors (Lipinski definition) is 11. The Labute approximate surface area is 405 Å². The molecule has 0 unspecified atom stereocenters. The number of nitrogens with zero attached hydrogens (tertiary/aromatic N) is 13. The highest BCUT2D eigenvalue weighted by molar-refractivity contribution is 6.09. The Morgan fingerprint density at radius 3 is 1.45 bits per heavy atom. The van der Waals surface area contributed by atoms with E-state index in [1.807, 2.05) is 13.8 Å². The number of anilines is 4. The number of pyridine rings is 1. The van der Waals surface area contributed by atoms with Crippen molar-refractivity contribution in [3.8, 4) is 0 Å². The average Bonchev–Trinajstić information content (AvgIpc) is 4.20. The summed E-state index contributed by atoms with van der Waals surface area (Å²) in [7, 11) is 3.21. The van der Waals surface area contributed by atoms with E-state index < -0.39 is 59.3 Å². The second kappa shape index (κ2) is 19.6. The lowest BCUT2D eigenvalue weighted by Crippen LogP contribution is -2.31. The third kappa shape index (κ3) is 10.1.